The number of carbonyl (C=O) groups is 1. The first kappa shape index (κ1) is 28.0. The Morgan fingerprint density at radius 1 is 1.07 bits per heavy atom. The molecule has 0 radical (unpaired) electrons. The Balaban J connectivity index is 1.48. The number of amides is 1. The second kappa shape index (κ2) is 10.1. The predicted octanol–water partition coefficient (Wildman–Crippen LogP) is 7.10. The van der Waals surface area contributed by atoms with Gasteiger partial charge in [0.25, 0.3) is 0 Å². The number of likely N-dealkylation sites (N-methyl/N-ethyl adjacent to an activating group) is 1. The summed E-state index contributed by atoms with van der Waals surface area (Å²) in [6.45, 7) is 4.76. The quantitative estimate of drug-likeness (QED) is 0.386. The molecule has 4 aliphatic carbocycles. The SMILES string of the molecule is CCN1C(S(=O)NC23CCC(CC2)CC3)[C@H](c2cccc(Cl)c2F)[C@]2(C(=O)Nc3cc(C)ccc32)C12CCCCC2. The Hall–Kier alpha value is -1.80. The molecule has 2 heterocycles. The monoisotopic (exact) mass is 597 g/mol. The molecular formula is C33H41ClFN3O2S. The fourth-order valence-electron chi connectivity index (χ4n) is 9.74. The number of anilines is 1. The largest absolute Gasteiger partial charge is 0.325 e. The number of hydrogen-bond acceptors (Lipinski definition) is 3. The van der Waals surface area contributed by atoms with E-state index in [-0.39, 0.29) is 16.5 Å². The molecule has 8 rings (SSSR count). The van der Waals surface area contributed by atoms with Gasteiger partial charge in [0.15, 0.2) is 0 Å². The number of aryl methyl sites for hydroxylation is 1. The van der Waals surface area contributed by atoms with Crippen LogP contribution in [0.1, 0.15) is 100 Å². The van der Waals surface area contributed by atoms with Crippen LogP contribution in [0.5, 0.6) is 0 Å². The van der Waals surface area contributed by atoms with Crippen molar-refractivity contribution in [1.29, 1.82) is 0 Å². The van der Waals surface area contributed by atoms with E-state index in [0.29, 0.717) is 12.1 Å². The van der Waals surface area contributed by atoms with E-state index in [0.717, 1.165) is 74.1 Å². The summed E-state index contributed by atoms with van der Waals surface area (Å²) < 4.78 is 34.9. The van der Waals surface area contributed by atoms with Gasteiger partial charge in [-0.2, -0.15) is 0 Å². The normalized spacial score (nSPS) is 34.7. The summed E-state index contributed by atoms with van der Waals surface area (Å²) >= 11 is 6.44. The van der Waals surface area contributed by atoms with Crippen molar-refractivity contribution in [1.82, 2.24) is 9.62 Å². The number of hydrogen-bond donors (Lipinski definition) is 2. The topological polar surface area (TPSA) is 61.4 Å². The van der Waals surface area contributed by atoms with E-state index in [4.69, 9.17) is 11.6 Å². The number of rotatable bonds is 5. The molecule has 2 unspecified atom stereocenters. The number of fused-ring (bicyclic) bond motifs is 6. The minimum Gasteiger partial charge on any atom is -0.325 e. The summed E-state index contributed by atoms with van der Waals surface area (Å²) in [6, 6.07) is 11.3. The molecule has 6 aliphatic rings. The van der Waals surface area contributed by atoms with Gasteiger partial charge in [0.1, 0.15) is 27.6 Å². The molecule has 5 nitrogen and oxygen atoms in total. The molecule has 41 heavy (non-hydrogen) atoms. The van der Waals surface area contributed by atoms with Gasteiger partial charge in [-0.3, -0.25) is 9.69 Å². The zero-order valence-electron chi connectivity index (χ0n) is 24.1. The number of benzene rings is 2. The van der Waals surface area contributed by atoms with Gasteiger partial charge in [0.2, 0.25) is 5.91 Å². The second-order valence-corrected chi connectivity index (χ2v) is 15.1. The van der Waals surface area contributed by atoms with Crippen LogP contribution in [0.3, 0.4) is 0 Å². The number of nitrogens with one attached hydrogen (secondary N) is 2. The molecule has 1 saturated heterocycles. The summed E-state index contributed by atoms with van der Waals surface area (Å²) in [4.78, 5) is 17.1. The maximum atomic E-state index is 16.3. The van der Waals surface area contributed by atoms with Crippen molar-refractivity contribution in [2.45, 2.75) is 112 Å². The molecule has 2 aliphatic heterocycles. The maximum absolute atomic E-state index is 16.3. The molecule has 2 aromatic rings. The van der Waals surface area contributed by atoms with Crippen molar-refractivity contribution in [3.8, 4) is 0 Å². The molecule has 5 fully saturated rings. The lowest BCUT2D eigenvalue weighted by molar-refractivity contribution is -0.126. The first-order valence-corrected chi connectivity index (χ1v) is 17.2. The third kappa shape index (κ3) is 3.91. The van der Waals surface area contributed by atoms with Crippen LogP contribution in [0.4, 0.5) is 10.1 Å². The fraction of sp³-hybridized carbons (Fsp3) is 0.606. The molecule has 2 N–H and O–H groups in total. The van der Waals surface area contributed by atoms with Gasteiger partial charge in [0, 0.05) is 22.7 Å². The molecule has 1 amide bonds. The maximum Gasteiger partial charge on any atom is 0.237 e. The summed E-state index contributed by atoms with van der Waals surface area (Å²) in [6.07, 6.45) is 11.3. The smallest absolute Gasteiger partial charge is 0.237 e. The molecule has 220 valence electrons. The van der Waals surface area contributed by atoms with Gasteiger partial charge >= 0.3 is 0 Å². The molecule has 4 atom stereocenters. The van der Waals surface area contributed by atoms with E-state index < -0.39 is 39.0 Å². The van der Waals surface area contributed by atoms with Gasteiger partial charge in [-0.1, -0.05) is 62.1 Å². The molecule has 2 aromatic carbocycles. The van der Waals surface area contributed by atoms with Crippen LogP contribution in [0.15, 0.2) is 36.4 Å². The summed E-state index contributed by atoms with van der Waals surface area (Å²) in [5.74, 6) is -0.490. The van der Waals surface area contributed by atoms with Crippen LogP contribution in [0.2, 0.25) is 5.02 Å². The average Bonchev–Trinajstić information content (AvgIpc) is 3.40. The predicted molar refractivity (Wildman–Crippen MR) is 163 cm³/mol. The third-order valence-electron chi connectivity index (χ3n) is 11.5. The summed E-state index contributed by atoms with van der Waals surface area (Å²) in [5.41, 5.74) is 1.32. The Morgan fingerprint density at radius 2 is 1.78 bits per heavy atom. The molecular weight excluding hydrogens is 557 g/mol. The highest BCUT2D eigenvalue weighted by atomic mass is 35.5. The van der Waals surface area contributed by atoms with Crippen LogP contribution in [-0.2, 0) is 21.2 Å². The standard InChI is InChI=1S/C33H41ClFN3O2S/c1-3-38-29(41(40)37-31-17-12-22(13-18-31)14-19-31)27(23-8-7-9-25(34)28(23)35)33(32(38)15-5-4-6-16-32)24-11-10-21(2)20-26(24)36-30(33)39/h7-11,20,22,27,29,37H,3-6,12-19H2,1-2H3,(H,36,39)/t22?,27-,29?,31?,33+,41?/m0/s1. The van der Waals surface area contributed by atoms with E-state index in [1.54, 1.807) is 18.2 Å². The molecule has 2 bridgehead atoms. The fourth-order valence-corrected chi connectivity index (χ4v) is 12.0. The van der Waals surface area contributed by atoms with Gasteiger partial charge in [0.05, 0.1) is 5.02 Å². The van der Waals surface area contributed by atoms with E-state index in [1.807, 2.05) is 13.0 Å². The highest BCUT2D eigenvalue weighted by Crippen LogP contribution is 2.66. The van der Waals surface area contributed by atoms with Crippen LogP contribution in [-0.4, -0.2) is 38.0 Å². The number of carbonyl (C=O) groups excluding carboxylic acids is 1. The van der Waals surface area contributed by atoms with Crippen molar-refractivity contribution in [2.75, 3.05) is 11.9 Å². The molecule has 0 aromatic heterocycles. The molecule has 4 saturated carbocycles. The van der Waals surface area contributed by atoms with Gasteiger partial charge < -0.3 is 5.32 Å². The minimum absolute atomic E-state index is 0.0366. The van der Waals surface area contributed by atoms with E-state index in [2.05, 4.69) is 34.0 Å². The Kier molecular flexibility index (Phi) is 6.93. The van der Waals surface area contributed by atoms with Gasteiger partial charge in [-0.15, -0.1) is 0 Å². The summed E-state index contributed by atoms with van der Waals surface area (Å²) in [7, 11) is -1.54. The van der Waals surface area contributed by atoms with Crippen LogP contribution < -0.4 is 10.0 Å². The van der Waals surface area contributed by atoms with Gasteiger partial charge in [-0.05, 0) is 99.6 Å². The van der Waals surface area contributed by atoms with Crippen molar-refractivity contribution in [2.24, 2.45) is 5.92 Å². The molecule has 8 heteroatoms. The summed E-state index contributed by atoms with van der Waals surface area (Å²) in [5, 5.41) is 2.70. The number of likely N-dealkylation sites (tertiary alicyclic amines) is 1. The lowest BCUT2D eigenvalue weighted by Gasteiger charge is -2.51. The zero-order chi connectivity index (χ0) is 28.6. The lowest BCUT2D eigenvalue weighted by Crippen LogP contribution is -2.61. The first-order valence-electron chi connectivity index (χ1n) is 15.6. The van der Waals surface area contributed by atoms with E-state index in [1.165, 1.54) is 19.3 Å². The second-order valence-electron chi connectivity index (χ2n) is 13.4. The van der Waals surface area contributed by atoms with E-state index >= 15 is 4.39 Å². The molecule has 2 spiro atoms. The zero-order valence-corrected chi connectivity index (χ0v) is 25.7. The minimum atomic E-state index is -1.54. The van der Waals surface area contributed by atoms with Crippen molar-refractivity contribution < 1.29 is 13.4 Å². The van der Waals surface area contributed by atoms with Crippen molar-refractivity contribution in [3.63, 3.8) is 0 Å². The Morgan fingerprint density at radius 3 is 2.46 bits per heavy atom. The first-order chi connectivity index (χ1) is 19.8. The van der Waals surface area contributed by atoms with E-state index in [9.17, 15) is 9.00 Å². The lowest BCUT2D eigenvalue weighted by atomic mass is 9.56. The van der Waals surface area contributed by atoms with Crippen LogP contribution in [0, 0.1) is 18.7 Å². The number of nitrogens with zero attached hydrogens (tertiary/aromatic N) is 1. The third-order valence-corrected chi connectivity index (χ3v) is 13.4. The van der Waals surface area contributed by atoms with Crippen LogP contribution >= 0.6 is 11.6 Å². The van der Waals surface area contributed by atoms with Crippen molar-refractivity contribution >= 4 is 34.2 Å². The Bertz CT molecular complexity index is 1390. The van der Waals surface area contributed by atoms with Crippen LogP contribution in [0.25, 0.3) is 0 Å². The number of halogens is 2. The van der Waals surface area contributed by atoms with Crippen molar-refractivity contribution in [3.05, 3.63) is 63.9 Å². The Labute approximate surface area is 250 Å². The highest BCUT2D eigenvalue weighted by Gasteiger charge is 2.75. The average molecular weight is 598 g/mol. The highest BCUT2D eigenvalue weighted by molar-refractivity contribution is 7.83. The van der Waals surface area contributed by atoms with Gasteiger partial charge in [-0.25, -0.2) is 13.3 Å².